The minimum absolute atomic E-state index is 0.160. The molecule has 1 saturated carbocycles. The van der Waals surface area contributed by atoms with Gasteiger partial charge in [0, 0.05) is 23.7 Å². The average Bonchev–Trinajstić information content (AvgIpc) is 3.31. The molecule has 118 valence electrons. The van der Waals surface area contributed by atoms with Crippen molar-refractivity contribution in [2.45, 2.75) is 64.0 Å². The Morgan fingerprint density at radius 1 is 1.19 bits per heavy atom. The smallest absolute Gasteiger partial charge is 0.0960 e. The monoisotopic (exact) mass is 353 g/mol. The summed E-state index contributed by atoms with van der Waals surface area (Å²) in [6.07, 6.45) is 9.23. The predicted octanol–water partition coefficient (Wildman–Crippen LogP) is 5.23. The van der Waals surface area contributed by atoms with Gasteiger partial charge in [-0.15, -0.1) is 0 Å². The van der Waals surface area contributed by atoms with Crippen LogP contribution >= 0.6 is 15.9 Å². The van der Waals surface area contributed by atoms with E-state index in [2.05, 4.69) is 52.4 Å². The number of nitrogens with one attached hydrogen (secondary N) is 1. The zero-order valence-electron chi connectivity index (χ0n) is 13.1. The van der Waals surface area contributed by atoms with Crippen LogP contribution in [-0.4, -0.2) is 19.2 Å². The van der Waals surface area contributed by atoms with Crippen molar-refractivity contribution in [3.05, 3.63) is 34.3 Å². The van der Waals surface area contributed by atoms with Crippen LogP contribution in [0.2, 0.25) is 0 Å². The van der Waals surface area contributed by atoms with Gasteiger partial charge < -0.3 is 10.1 Å². The van der Waals surface area contributed by atoms with Crippen LogP contribution in [0.15, 0.2) is 28.7 Å². The Morgan fingerprint density at radius 3 is 2.67 bits per heavy atom. The molecule has 1 unspecified atom stereocenters. The fourth-order valence-corrected chi connectivity index (χ4v) is 3.03. The number of unbranched alkanes of at least 4 members (excludes halogenated alkanes) is 4. The molecule has 3 heteroatoms. The van der Waals surface area contributed by atoms with Gasteiger partial charge >= 0.3 is 0 Å². The predicted molar refractivity (Wildman–Crippen MR) is 92.6 cm³/mol. The lowest BCUT2D eigenvalue weighted by atomic mass is 10.1. The van der Waals surface area contributed by atoms with Crippen molar-refractivity contribution in [2.24, 2.45) is 0 Å². The maximum Gasteiger partial charge on any atom is 0.0960 e. The van der Waals surface area contributed by atoms with Crippen molar-refractivity contribution in [3.63, 3.8) is 0 Å². The third-order valence-electron chi connectivity index (χ3n) is 3.99. The quantitative estimate of drug-likeness (QED) is 0.550. The molecule has 1 aliphatic carbocycles. The van der Waals surface area contributed by atoms with Crippen molar-refractivity contribution in [3.8, 4) is 0 Å². The lowest BCUT2D eigenvalue weighted by Crippen LogP contribution is -2.25. The Bertz CT molecular complexity index is 406. The lowest BCUT2D eigenvalue weighted by Gasteiger charge is -2.20. The normalized spacial score (nSPS) is 16.1. The molecule has 0 spiro atoms. The molecule has 21 heavy (non-hydrogen) atoms. The third-order valence-corrected chi connectivity index (χ3v) is 4.71. The van der Waals surface area contributed by atoms with E-state index in [-0.39, 0.29) is 6.10 Å². The Hall–Kier alpha value is -0.380. The summed E-state index contributed by atoms with van der Waals surface area (Å²) in [7, 11) is 0. The summed E-state index contributed by atoms with van der Waals surface area (Å²) >= 11 is 3.65. The van der Waals surface area contributed by atoms with Crippen LogP contribution in [-0.2, 0) is 4.74 Å². The zero-order valence-corrected chi connectivity index (χ0v) is 14.7. The van der Waals surface area contributed by atoms with E-state index in [1.165, 1.54) is 50.5 Å². The molecule has 1 aliphatic rings. The maximum atomic E-state index is 6.17. The Kier molecular flexibility index (Phi) is 7.76. The molecule has 1 aromatic rings. The summed E-state index contributed by atoms with van der Waals surface area (Å²) in [5.74, 6) is 0. The van der Waals surface area contributed by atoms with Gasteiger partial charge in [0.05, 0.1) is 6.10 Å². The number of rotatable bonds is 11. The number of hydrogen-bond donors (Lipinski definition) is 1. The maximum absolute atomic E-state index is 6.17. The highest BCUT2D eigenvalue weighted by Gasteiger charge is 2.23. The van der Waals surface area contributed by atoms with E-state index in [1.807, 2.05) is 0 Å². The third kappa shape index (κ3) is 6.50. The summed E-state index contributed by atoms with van der Waals surface area (Å²) in [6.45, 7) is 4.04. The molecule has 0 heterocycles. The first kappa shape index (κ1) is 17.0. The van der Waals surface area contributed by atoms with Crippen LogP contribution in [0.1, 0.15) is 63.5 Å². The van der Waals surface area contributed by atoms with Gasteiger partial charge in [-0.1, -0.05) is 66.7 Å². The number of ether oxygens (including phenoxy) is 1. The molecule has 1 aromatic carbocycles. The van der Waals surface area contributed by atoms with Crippen molar-refractivity contribution in [1.29, 1.82) is 0 Å². The van der Waals surface area contributed by atoms with Gasteiger partial charge in [0.1, 0.15) is 0 Å². The summed E-state index contributed by atoms with van der Waals surface area (Å²) in [6, 6.07) is 9.14. The van der Waals surface area contributed by atoms with E-state index < -0.39 is 0 Å². The van der Waals surface area contributed by atoms with Crippen molar-refractivity contribution in [2.75, 3.05) is 13.2 Å². The highest BCUT2D eigenvalue weighted by atomic mass is 79.9. The molecule has 1 N–H and O–H groups in total. The highest BCUT2D eigenvalue weighted by Crippen LogP contribution is 2.27. The Morgan fingerprint density at radius 2 is 1.95 bits per heavy atom. The number of halogens is 1. The molecule has 0 aromatic heterocycles. The first-order valence-corrected chi connectivity index (χ1v) is 9.20. The van der Waals surface area contributed by atoms with Crippen LogP contribution < -0.4 is 5.32 Å². The number of hydrogen-bond acceptors (Lipinski definition) is 2. The average molecular weight is 354 g/mol. The zero-order chi connectivity index (χ0) is 14.9. The van der Waals surface area contributed by atoms with Crippen molar-refractivity contribution >= 4 is 15.9 Å². The van der Waals surface area contributed by atoms with Crippen LogP contribution in [0.25, 0.3) is 0 Å². The molecule has 0 aliphatic heterocycles. The largest absolute Gasteiger partial charge is 0.372 e. The van der Waals surface area contributed by atoms with E-state index in [0.29, 0.717) is 0 Å². The van der Waals surface area contributed by atoms with Gasteiger partial charge in [0.15, 0.2) is 0 Å². The lowest BCUT2D eigenvalue weighted by molar-refractivity contribution is 0.0491. The molecule has 1 fully saturated rings. The number of benzene rings is 1. The SMILES string of the molecule is CCCCCCCOC(CNC1CC1)c1ccccc1Br. The fourth-order valence-electron chi connectivity index (χ4n) is 2.49. The fraction of sp³-hybridized carbons (Fsp3) is 0.667. The first-order valence-electron chi connectivity index (χ1n) is 8.40. The van der Waals surface area contributed by atoms with Crippen LogP contribution in [0, 0.1) is 0 Å². The van der Waals surface area contributed by atoms with Gasteiger partial charge in [-0.3, -0.25) is 0 Å². The van der Waals surface area contributed by atoms with Gasteiger partial charge in [-0.25, -0.2) is 0 Å². The minimum Gasteiger partial charge on any atom is -0.372 e. The first-order chi connectivity index (χ1) is 10.3. The standard InChI is InChI=1S/C18H28BrNO/c1-2-3-4-5-8-13-21-18(14-20-15-11-12-15)16-9-6-7-10-17(16)19/h6-7,9-10,15,18,20H,2-5,8,11-14H2,1H3. The van der Waals surface area contributed by atoms with Crippen LogP contribution in [0.3, 0.4) is 0 Å². The van der Waals surface area contributed by atoms with Crippen molar-refractivity contribution in [1.82, 2.24) is 5.32 Å². The van der Waals surface area contributed by atoms with Crippen LogP contribution in [0.5, 0.6) is 0 Å². The van der Waals surface area contributed by atoms with E-state index in [4.69, 9.17) is 4.74 Å². The van der Waals surface area contributed by atoms with Crippen LogP contribution in [0.4, 0.5) is 0 Å². The van der Waals surface area contributed by atoms with E-state index in [9.17, 15) is 0 Å². The molecule has 0 amide bonds. The van der Waals surface area contributed by atoms with Gasteiger partial charge in [0.25, 0.3) is 0 Å². The summed E-state index contributed by atoms with van der Waals surface area (Å²) < 4.78 is 7.33. The van der Waals surface area contributed by atoms with E-state index in [0.717, 1.165) is 23.7 Å². The molecule has 2 rings (SSSR count). The Labute approximate surface area is 137 Å². The minimum atomic E-state index is 0.160. The molecular weight excluding hydrogens is 326 g/mol. The Balaban J connectivity index is 1.79. The van der Waals surface area contributed by atoms with E-state index >= 15 is 0 Å². The molecule has 2 nitrogen and oxygen atoms in total. The summed E-state index contributed by atoms with van der Waals surface area (Å²) in [5, 5.41) is 3.60. The van der Waals surface area contributed by atoms with Gasteiger partial charge in [0.2, 0.25) is 0 Å². The second kappa shape index (κ2) is 9.60. The summed E-state index contributed by atoms with van der Waals surface area (Å²) in [4.78, 5) is 0. The van der Waals surface area contributed by atoms with E-state index in [1.54, 1.807) is 0 Å². The highest BCUT2D eigenvalue weighted by molar-refractivity contribution is 9.10. The molecule has 0 bridgehead atoms. The molecule has 0 saturated heterocycles. The summed E-state index contributed by atoms with van der Waals surface area (Å²) in [5.41, 5.74) is 1.26. The molecule has 1 atom stereocenters. The van der Waals surface area contributed by atoms with Crippen molar-refractivity contribution < 1.29 is 4.74 Å². The second-order valence-electron chi connectivity index (χ2n) is 5.98. The molecule has 0 radical (unpaired) electrons. The van der Waals surface area contributed by atoms with Gasteiger partial charge in [-0.05, 0) is 30.9 Å². The second-order valence-corrected chi connectivity index (χ2v) is 6.83. The topological polar surface area (TPSA) is 21.3 Å². The molecular formula is C18H28BrNO. The van der Waals surface area contributed by atoms with Gasteiger partial charge in [-0.2, -0.15) is 0 Å².